The fourth-order valence-corrected chi connectivity index (χ4v) is 3.70. The Kier molecular flexibility index (Phi) is 1.86. The number of hydrogen-bond donors (Lipinski definition) is 0. The van der Waals surface area contributed by atoms with E-state index in [4.69, 9.17) is 0 Å². The maximum absolute atomic E-state index is 3.71. The van der Waals surface area contributed by atoms with E-state index in [1.54, 1.807) is 0 Å². The summed E-state index contributed by atoms with van der Waals surface area (Å²) in [6.45, 7) is 4.62. The fourth-order valence-electron chi connectivity index (χ4n) is 2.11. The smallest absolute Gasteiger partial charge is 0.0422 e. The van der Waals surface area contributed by atoms with Crippen molar-refractivity contribution < 1.29 is 0 Å². The van der Waals surface area contributed by atoms with Gasteiger partial charge in [-0.2, -0.15) is 0 Å². The van der Waals surface area contributed by atoms with Gasteiger partial charge in [0.25, 0.3) is 0 Å². The number of allylic oxidation sites excluding steroid dienone is 4. The Balaban J connectivity index is 2.48. The van der Waals surface area contributed by atoms with Crippen LogP contribution in [-0.2, 0) is 0 Å². The predicted molar refractivity (Wildman–Crippen MR) is 59.9 cm³/mol. The lowest BCUT2D eigenvalue weighted by atomic mass is 9.70. The van der Waals surface area contributed by atoms with Gasteiger partial charge in [-0.25, -0.2) is 0 Å². The largest absolute Gasteiger partial charge is 0.0836 e. The second kappa shape index (κ2) is 2.48. The number of fused-ring (bicyclic) bond motifs is 1. The summed E-state index contributed by atoms with van der Waals surface area (Å²) in [5, 5.41) is 0. The van der Waals surface area contributed by atoms with Crippen LogP contribution in [0.1, 0.15) is 13.8 Å². The summed E-state index contributed by atoms with van der Waals surface area (Å²) >= 11 is 7.41. The molecule has 0 nitrogen and oxygen atoms in total. The maximum Gasteiger partial charge on any atom is 0.0422 e. The molecule has 0 amide bonds. The molecule has 2 heteroatoms. The second-order valence-corrected chi connectivity index (χ2v) is 6.06. The average molecular weight is 292 g/mol. The van der Waals surface area contributed by atoms with Crippen molar-refractivity contribution in [3.63, 3.8) is 0 Å². The predicted octanol–water partition coefficient (Wildman–Crippen LogP) is 3.67. The van der Waals surface area contributed by atoms with Crippen molar-refractivity contribution in [2.45, 2.75) is 23.5 Å². The maximum atomic E-state index is 3.71. The summed E-state index contributed by atoms with van der Waals surface area (Å²) in [6.07, 6.45) is 9.17. The molecular formula is C10H12Br2. The van der Waals surface area contributed by atoms with Crippen molar-refractivity contribution in [1.82, 2.24) is 0 Å². The molecule has 2 rings (SSSR count). The number of halogens is 2. The van der Waals surface area contributed by atoms with E-state index >= 15 is 0 Å². The van der Waals surface area contributed by atoms with Crippen LogP contribution in [-0.4, -0.2) is 9.65 Å². The highest BCUT2D eigenvalue weighted by atomic mass is 79.9. The van der Waals surface area contributed by atoms with E-state index < -0.39 is 0 Å². The van der Waals surface area contributed by atoms with Crippen LogP contribution in [0.5, 0.6) is 0 Å². The van der Waals surface area contributed by atoms with E-state index in [1.807, 2.05) is 0 Å². The second-order valence-electron chi connectivity index (χ2n) is 4.09. The zero-order valence-electron chi connectivity index (χ0n) is 7.22. The third-order valence-electron chi connectivity index (χ3n) is 3.53. The van der Waals surface area contributed by atoms with E-state index in [0.29, 0.717) is 9.65 Å². The van der Waals surface area contributed by atoms with Crippen LogP contribution in [0, 0.1) is 10.8 Å². The lowest BCUT2D eigenvalue weighted by Gasteiger charge is -2.38. The molecule has 2 aliphatic rings. The lowest BCUT2D eigenvalue weighted by molar-refractivity contribution is 0.247. The first-order valence-corrected chi connectivity index (χ1v) is 6.01. The summed E-state index contributed by atoms with van der Waals surface area (Å²) in [4.78, 5) is 0.961. The molecule has 0 N–H and O–H groups in total. The van der Waals surface area contributed by atoms with Gasteiger partial charge >= 0.3 is 0 Å². The first-order valence-electron chi connectivity index (χ1n) is 4.17. The molecule has 0 spiro atoms. The van der Waals surface area contributed by atoms with Gasteiger partial charge in [0.05, 0.1) is 0 Å². The Labute approximate surface area is 90.4 Å². The summed E-state index contributed by atoms with van der Waals surface area (Å²) in [7, 11) is 0. The van der Waals surface area contributed by atoms with E-state index in [-0.39, 0.29) is 10.8 Å². The van der Waals surface area contributed by atoms with Gasteiger partial charge in [0.1, 0.15) is 0 Å². The molecule has 0 fully saturated rings. The molecule has 0 aliphatic heterocycles. The van der Waals surface area contributed by atoms with E-state index in [2.05, 4.69) is 70.0 Å². The van der Waals surface area contributed by atoms with Gasteiger partial charge in [-0.15, -0.1) is 0 Å². The van der Waals surface area contributed by atoms with E-state index in [0.717, 1.165) is 0 Å². The van der Waals surface area contributed by atoms with Crippen LogP contribution in [0.15, 0.2) is 24.3 Å². The van der Waals surface area contributed by atoms with E-state index in [1.165, 1.54) is 0 Å². The van der Waals surface area contributed by atoms with Gasteiger partial charge in [-0.05, 0) is 0 Å². The molecule has 0 unspecified atom stereocenters. The third kappa shape index (κ3) is 0.832. The van der Waals surface area contributed by atoms with Gasteiger partial charge in [0, 0.05) is 20.5 Å². The minimum atomic E-state index is 0.251. The minimum Gasteiger partial charge on any atom is -0.0836 e. The number of hydrogen-bond acceptors (Lipinski definition) is 0. The van der Waals surface area contributed by atoms with Gasteiger partial charge in [0.15, 0.2) is 0 Å². The third-order valence-corrected chi connectivity index (χ3v) is 6.04. The molecule has 0 saturated heterocycles. The van der Waals surface area contributed by atoms with E-state index in [9.17, 15) is 0 Å². The van der Waals surface area contributed by atoms with Crippen LogP contribution in [0.2, 0.25) is 0 Å². The minimum absolute atomic E-state index is 0.251. The SMILES string of the molecule is C[C@]12C=C[C@H](Br)[C@@]1(C)C=C[C@@H]2Br. The first kappa shape index (κ1) is 9.01. The van der Waals surface area contributed by atoms with Crippen LogP contribution >= 0.6 is 31.9 Å². The van der Waals surface area contributed by atoms with Crippen molar-refractivity contribution in [3.05, 3.63) is 24.3 Å². The zero-order chi connectivity index (χ0) is 8.98. The highest BCUT2D eigenvalue weighted by Gasteiger charge is 2.54. The Bertz CT molecular complexity index is 241. The molecule has 0 aromatic heterocycles. The van der Waals surface area contributed by atoms with Gasteiger partial charge in [-0.1, -0.05) is 70.0 Å². The first-order chi connectivity index (χ1) is 5.51. The fraction of sp³-hybridized carbons (Fsp3) is 0.600. The Hall–Kier alpha value is 0.440. The van der Waals surface area contributed by atoms with Crippen molar-refractivity contribution in [2.75, 3.05) is 0 Å². The normalized spacial score (nSPS) is 56.3. The van der Waals surface area contributed by atoms with Crippen LogP contribution in [0.4, 0.5) is 0 Å². The van der Waals surface area contributed by atoms with Gasteiger partial charge in [-0.3, -0.25) is 0 Å². The van der Waals surface area contributed by atoms with Crippen LogP contribution in [0.3, 0.4) is 0 Å². The molecule has 2 aliphatic carbocycles. The summed E-state index contributed by atoms with van der Waals surface area (Å²) < 4.78 is 0. The quantitative estimate of drug-likeness (QED) is 0.472. The molecule has 0 aromatic carbocycles. The summed E-state index contributed by atoms with van der Waals surface area (Å²) in [5.41, 5.74) is 0.502. The lowest BCUT2D eigenvalue weighted by Crippen LogP contribution is -2.37. The molecule has 0 saturated carbocycles. The Morgan fingerprint density at radius 1 is 0.917 bits per heavy atom. The number of rotatable bonds is 0. The topological polar surface area (TPSA) is 0 Å². The molecule has 4 atom stereocenters. The Morgan fingerprint density at radius 3 is 1.58 bits per heavy atom. The molecular weight excluding hydrogens is 280 g/mol. The monoisotopic (exact) mass is 290 g/mol. The van der Waals surface area contributed by atoms with Crippen LogP contribution < -0.4 is 0 Å². The van der Waals surface area contributed by atoms with Crippen molar-refractivity contribution >= 4 is 31.9 Å². The van der Waals surface area contributed by atoms with Gasteiger partial charge < -0.3 is 0 Å². The highest BCUT2D eigenvalue weighted by molar-refractivity contribution is 9.10. The molecule has 0 radical (unpaired) electrons. The van der Waals surface area contributed by atoms with Crippen molar-refractivity contribution in [2.24, 2.45) is 10.8 Å². The molecule has 0 bridgehead atoms. The summed E-state index contributed by atoms with van der Waals surface area (Å²) in [5.74, 6) is 0. The number of alkyl halides is 2. The zero-order valence-corrected chi connectivity index (χ0v) is 10.4. The molecule has 0 heterocycles. The highest BCUT2D eigenvalue weighted by Crippen LogP contribution is 2.59. The van der Waals surface area contributed by atoms with Gasteiger partial charge in [0.2, 0.25) is 0 Å². The van der Waals surface area contributed by atoms with Crippen LogP contribution in [0.25, 0.3) is 0 Å². The summed E-state index contributed by atoms with van der Waals surface area (Å²) in [6, 6.07) is 0. The molecule has 66 valence electrons. The van der Waals surface area contributed by atoms with Crippen molar-refractivity contribution in [1.29, 1.82) is 0 Å². The average Bonchev–Trinajstić information content (AvgIpc) is 2.39. The molecule has 0 aromatic rings. The van der Waals surface area contributed by atoms with Crippen molar-refractivity contribution in [3.8, 4) is 0 Å². The standard InChI is InChI=1S/C10H12Br2/c1-9-5-3-8(12)10(9,2)6-4-7(9)11/h3-8H,1-2H3/t7-,8-,9+,10+/m0/s1. The molecule has 12 heavy (non-hydrogen) atoms. The Morgan fingerprint density at radius 2 is 1.25 bits per heavy atom.